The first-order valence-corrected chi connectivity index (χ1v) is 6.73. The summed E-state index contributed by atoms with van der Waals surface area (Å²) >= 11 is 1.49. The molecular weight excluding hydrogens is 276 g/mol. The fourth-order valence-electron chi connectivity index (χ4n) is 1.60. The van der Waals surface area contributed by atoms with E-state index < -0.39 is 0 Å². The van der Waals surface area contributed by atoms with E-state index >= 15 is 0 Å². The van der Waals surface area contributed by atoms with Gasteiger partial charge in [0.1, 0.15) is 5.69 Å². The summed E-state index contributed by atoms with van der Waals surface area (Å²) in [6.07, 6.45) is 0. The highest BCUT2D eigenvalue weighted by atomic mass is 32.1. The second-order valence-corrected chi connectivity index (χ2v) is 5.05. The summed E-state index contributed by atoms with van der Waals surface area (Å²) in [5.74, 6) is -0.00651. The van der Waals surface area contributed by atoms with E-state index in [2.05, 4.69) is 20.5 Å². The van der Waals surface area contributed by atoms with Crippen molar-refractivity contribution in [3.8, 4) is 11.6 Å². The molecular formula is C13H10N4O2S. The van der Waals surface area contributed by atoms with Gasteiger partial charge in [0, 0.05) is 10.9 Å². The molecule has 2 aromatic heterocycles. The van der Waals surface area contributed by atoms with Crippen LogP contribution in [0.1, 0.15) is 15.4 Å². The molecule has 3 aromatic rings. The fourth-order valence-corrected chi connectivity index (χ4v) is 2.18. The molecule has 0 bridgehead atoms. The average Bonchev–Trinajstić information content (AvgIpc) is 3.09. The van der Waals surface area contributed by atoms with Gasteiger partial charge in [-0.2, -0.15) is 0 Å². The molecule has 6 nitrogen and oxygen atoms in total. The predicted octanol–water partition coefficient (Wildman–Crippen LogP) is 2.75. The number of benzene rings is 1. The Morgan fingerprint density at radius 1 is 1.25 bits per heavy atom. The van der Waals surface area contributed by atoms with E-state index in [0.29, 0.717) is 11.3 Å². The molecule has 0 atom stereocenters. The zero-order chi connectivity index (χ0) is 13.9. The lowest BCUT2D eigenvalue weighted by molar-refractivity contribution is 0.102. The number of amides is 1. The van der Waals surface area contributed by atoms with E-state index in [4.69, 9.17) is 4.42 Å². The molecule has 1 amide bonds. The third-order valence-electron chi connectivity index (χ3n) is 2.52. The third kappa shape index (κ3) is 2.57. The van der Waals surface area contributed by atoms with Crippen LogP contribution in [-0.2, 0) is 0 Å². The van der Waals surface area contributed by atoms with Gasteiger partial charge in [-0.15, -0.1) is 16.4 Å². The van der Waals surface area contributed by atoms with Crippen LogP contribution in [0.5, 0.6) is 0 Å². The second-order valence-electron chi connectivity index (χ2n) is 3.98. The zero-order valence-electron chi connectivity index (χ0n) is 10.5. The van der Waals surface area contributed by atoms with Gasteiger partial charge in [0.05, 0.1) is 5.01 Å². The number of rotatable bonds is 3. The molecule has 0 spiro atoms. The van der Waals surface area contributed by atoms with Crippen LogP contribution in [0.4, 0.5) is 6.01 Å². The Morgan fingerprint density at radius 2 is 2.05 bits per heavy atom. The molecule has 0 unspecified atom stereocenters. The summed E-state index contributed by atoms with van der Waals surface area (Å²) in [5.41, 5.74) is 1.14. The number of anilines is 1. The van der Waals surface area contributed by atoms with Crippen molar-refractivity contribution in [1.82, 2.24) is 15.2 Å². The normalized spacial score (nSPS) is 10.4. The molecule has 1 N–H and O–H groups in total. The summed E-state index contributed by atoms with van der Waals surface area (Å²) in [7, 11) is 0. The summed E-state index contributed by atoms with van der Waals surface area (Å²) in [6.45, 7) is 1.89. The topological polar surface area (TPSA) is 80.9 Å². The van der Waals surface area contributed by atoms with Gasteiger partial charge in [-0.3, -0.25) is 10.1 Å². The lowest BCUT2D eigenvalue weighted by Crippen LogP contribution is -2.11. The average molecular weight is 286 g/mol. The van der Waals surface area contributed by atoms with Crippen molar-refractivity contribution in [2.75, 3.05) is 5.32 Å². The minimum Gasteiger partial charge on any atom is -0.401 e. The van der Waals surface area contributed by atoms with Gasteiger partial charge in [-0.1, -0.05) is 23.3 Å². The van der Waals surface area contributed by atoms with Crippen LogP contribution >= 0.6 is 11.3 Å². The maximum absolute atomic E-state index is 11.9. The summed E-state index contributed by atoms with van der Waals surface area (Å²) < 4.78 is 5.37. The number of carbonyl (C=O) groups excluding carboxylic acids is 1. The Kier molecular flexibility index (Phi) is 3.26. The first kappa shape index (κ1) is 12.5. The number of hydrogen-bond acceptors (Lipinski definition) is 6. The molecule has 0 radical (unpaired) electrons. The predicted molar refractivity (Wildman–Crippen MR) is 74.5 cm³/mol. The van der Waals surface area contributed by atoms with Crippen molar-refractivity contribution in [3.05, 3.63) is 46.3 Å². The molecule has 0 aliphatic rings. The first-order chi connectivity index (χ1) is 9.72. The Hall–Kier alpha value is -2.54. The SMILES string of the molecule is Cc1nc(-c2nnc(NC(=O)c3ccccc3)o2)cs1. The molecule has 0 fully saturated rings. The number of nitrogens with one attached hydrogen (secondary N) is 1. The summed E-state index contributed by atoms with van der Waals surface area (Å²) in [6, 6.07) is 8.87. The third-order valence-corrected chi connectivity index (χ3v) is 3.29. The van der Waals surface area contributed by atoms with E-state index in [1.165, 1.54) is 11.3 Å². The smallest absolute Gasteiger partial charge is 0.322 e. The summed E-state index contributed by atoms with van der Waals surface area (Å²) in [5, 5.41) is 12.9. The molecule has 0 aliphatic heterocycles. The highest BCUT2D eigenvalue weighted by molar-refractivity contribution is 7.09. The minimum absolute atomic E-state index is 0.0551. The van der Waals surface area contributed by atoms with Crippen LogP contribution < -0.4 is 5.32 Å². The van der Waals surface area contributed by atoms with E-state index in [1.54, 1.807) is 24.3 Å². The number of nitrogens with zero attached hydrogens (tertiary/aromatic N) is 3. The Balaban J connectivity index is 1.76. The van der Waals surface area contributed by atoms with Crippen LogP contribution in [0.3, 0.4) is 0 Å². The number of hydrogen-bond donors (Lipinski definition) is 1. The summed E-state index contributed by atoms with van der Waals surface area (Å²) in [4.78, 5) is 16.2. The van der Waals surface area contributed by atoms with Gasteiger partial charge in [-0.05, 0) is 19.1 Å². The van der Waals surface area contributed by atoms with Crippen LogP contribution in [-0.4, -0.2) is 21.1 Å². The van der Waals surface area contributed by atoms with Crippen molar-refractivity contribution in [3.63, 3.8) is 0 Å². The zero-order valence-corrected chi connectivity index (χ0v) is 11.3. The Morgan fingerprint density at radius 3 is 2.75 bits per heavy atom. The van der Waals surface area contributed by atoms with Crippen LogP contribution in [0.15, 0.2) is 40.1 Å². The van der Waals surface area contributed by atoms with Crippen molar-refractivity contribution in [1.29, 1.82) is 0 Å². The van der Waals surface area contributed by atoms with Crippen LogP contribution in [0.2, 0.25) is 0 Å². The highest BCUT2D eigenvalue weighted by Crippen LogP contribution is 2.21. The maximum atomic E-state index is 11.9. The van der Waals surface area contributed by atoms with Crippen LogP contribution in [0.25, 0.3) is 11.6 Å². The molecule has 7 heteroatoms. The molecule has 0 aliphatic carbocycles. The number of thiazole rings is 1. The van der Waals surface area contributed by atoms with Crippen molar-refractivity contribution < 1.29 is 9.21 Å². The lowest BCUT2D eigenvalue weighted by atomic mass is 10.2. The van der Waals surface area contributed by atoms with Crippen LogP contribution in [0, 0.1) is 6.92 Å². The van der Waals surface area contributed by atoms with E-state index in [0.717, 1.165) is 5.01 Å². The van der Waals surface area contributed by atoms with Crippen molar-refractivity contribution in [2.24, 2.45) is 0 Å². The molecule has 0 saturated carbocycles. The number of aryl methyl sites for hydroxylation is 1. The minimum atomic E-state index is -0.296. The Labute approximate surface area is 118 Å². The second kappa shape index (κ2) is 5.22. The van der Waals surface area contributed by atoms with Gasteiger partial charge in [0.2, 0.25) is 0 Å². The van der Waals surface area contributed by atoms with E-state index in [1.807, 2.05) is 18.4 Å². The van der Waals surface area contributed by atoms with Crippen molar-refractivity contribution >= 4 is 23.3 Å². The van der Waals surface area contributed by atoms with Gasteiger partial charge >= 0.3 is 6.01 Å². The molecule has 3 rings (SSSR count). The fraction of sp³-hybridized carbons (Fsp3) is 0.0769. The van der Waals surface area contributed by atoms with Gasteiger partial charge in [0.15, 0.2) is 0 Å². The largest absolute Gasteiger partial charge is 0.401 e. The maximum Gasteiger partial charge on any atom is 0.322 e. The van der Waals surface area contributed by atoms with E-state index in [9.17, 15) is 4.79 Å². The number of aromatic nitrogens is 3. The Bertz CT molecular complexity index is 736. The van der Waals surface area contributed by atoms with Gasteiger partial charge in [-0.25, -0.2) is 4.98 Å². The quantitative estimate of drug-likeness (QED) is 0.800. The molecule has 0 saturated heterocycles. The molecule has 100 valence electrons. The highest BCUT2D eigenvalue weighted by Gasteiger charge is 2.14. The van der Waals surface area contributed by atoms with Gasteiger partial charge in [0.25, 0.3) is 11.8 Å². The first-order valence-electron chi connectivity index (χ1n) is 5.85. The standard InChI is InChI=1S/C13H10N4O2S/c1-8-14-10(7-20-8)12-16-17-13(19-12)15-11(18)9-5-3-2-4-6-9/h2-7H,1H3,(H,15,17,18). The van der Waals surface area contributed by atoms with Crippen molar-refractivity contribution in [2.45, 2.75) is 6.92 Å². The molecule has 1 aromatic carbocycles. The molecule has 20 heavy (non-hydrogen) atoms. The van der Waals surface area contributed by atoms with Gasteiger partial charge < -0.3 is 4.42 Å². The molecule has 2 heterocycles. The monoisotopic (exact) mass is 286 g/mol. The number of carbonyl (C=O) groups is 1. The van der Waals surface area contributed by atoms with E-state index in [-0.39, 0.29) is 17.8 Å². The lowest BCUT2D eigenvalue weighted by Gasteiger charge is -1.98.